The topological polar surface area (TPSA) is 35.5 Å². The Hall–Kier alpha value is -1.06. The maximum absolute atomic E-state index is 9.19. The van der Waals surface area contributed by atoms with Crippen LogP contribution in [0, 0.1) is 0 Å². The second-order valence-corrected chi connectivity index (χ2v) is 4.95. The average Bonchev–Trinajstić information content (AvgIpc) is 2.34. The summed E-state index contributed by atoms with van der Waals surface area (Å²) in [5.41, 5.74) is 2.56. The van der Waals surface area contributed by atoms with E-state index in [4.69, 9.17) is 0 Å². The first-order valence-corrected chi connectivity index (χ1v) is 7.02. The SMILES string of the molecule is CCNCc1ccc(N(CCO)C2CCC2)cc1. The molecule has 0 radical (unpaired) electrons. The maximum atomic E-state index is 9.19. The quantitative estimate of drug-likeness (QED) is 0.776. The smallest absolute Gasteiger partial charge is 0.0606 e. The number of aliphatic hydroxyl groups excluding tert-OH is 1. The van der Waals surface area contributed by atoms with Crippen LogP contribution in [0.2, 0.25) is 0 Å². The second-order valence-electron chi connectivity index (χ2n) is 4.95. The minimum Gasteiger partial charge on any atom is -0.395 e. The normalized spacial score (nSPS) is 15.4. The van der Waals surface area contributed by atoms with Gasteiger partial charge in [0.1, 0.15) is 0 Å². The molecule has 1 aromatic rings. The van der Waals surface area contributed by atoms with Crippen LogP contribution in [0.5, 0.6) is 0 Å². The molecule has 0 heterocycles. The van der Waals surface area contributed by atoms with Crippen LogP contribution in [0.1, 0.15) is 31.7 Å². The third-order valence-corrected chi connectivity index (χ3v) is 3.70. The Morgan fingerprint density at radius 1 is 1.28 bits per heavy atom. The van der Waals surface area contributed by atoms with E-state index in [-0.39, 0.29) is 6.61 Å². The standard InChI is InChI=1S/C15H24N2O/c1-2-16-12-13-6-8-15(9-7-13)17(10-11-18)14-4-3-5-14/h6-9,14,16,18H,2-5,10-12H2,1H3. The van der Waals surface area contributed by atoms with Crippen molar-refractivity contribution in [2.45, 2.75) is 38.8 Å². The van der Waals surface area contributed by atoms with Crippen molar-refractivity contribution in [3.63, 3.8) is 0 Å². The molecule has 1 aliphatic carbocycles. The van der Waals surface area contributed by atoms with E-state index in [1.807, 2.05) is 0 Å². The summed E-state index contributed by atoms with van der Waals surface area (Å²) in [7, 11) is 0. The first-order chi connectivity index (χ1) is 8.85. The third kappa shape index (κ3) is 3.24. The van der Waals surface area contributed by atoms with Gasteiger partial charge in [-0.15, -0.1) is 0 Å². The largest absolute Gasteiger partial charge is 0.395 e. The highest BCUT2D eigenvalue weighted by molar-refractivity contribution is 5.49. The molecule has 0 aliphatic heterocycles. The molecule has 2 N–H and O–H groups in total. The molecule has 0 aromatic heterocycles. The average molecular weight is 248 g/mol. The number of hydrogen-bond acceptors (Lipinski definition) is 3. The predicted molar refractivity (Wildman–Crippen MR) is 75.9 cm³/mol. The Morgan fingerprint density at radius 3 is 2.50 bits per heavy atom. The van der Waals surface area contributed by atoms with Gasteiger partial charge < -0.3 is 15.3 Å². The summed E-state index contributed by atoms with van der Waals surface area (Å²) in [5, 5.41) is 12.5. The van der Waals surface area contributed by atoms with Gasteiger partial charge >= 0.3 is 0 Å². The van der Waals surface area contributed by atoms with E-state index >= 15 is 0 Å². The van der Waals surface area contributed by atoms with Gasteiger partial charge in [-0.05, 0) is 43.5 Å². The molecule has 0 amide bonds. The van der Waals surface area contributed by atoms with Gasteiger partial charge in [-0.1, -0.05) is 19.1 Å². The molecule has 1 aliphatic rings. The highest BCUT2D eigenvalue weighted by Crippen LogP contribution is 2.29. The fourth-order valence-electron chi connectivity index (χ4n) is 2.40. The van der Waals surface area contributed by atoms with E-state index in [0.29, 0.717) is 6.04 Å². The zero-order valence-electron chi connectivity index (χ0n) is 11.2. The van der Waals surface area contributed by atoms with Crippen molar-refractivity contribution in [2.75, 3.05) is 24.6 Å². The van der Waals surface area contributed by atoms with Crippen LogP contribution in [0.4, 0.5) is 5.69 Å². The van der Waals surface area contributed by atoms with Gasteiger partial charge in [0.05, 0.1) is 6.61 Å². The molecule has 0 saturated heterocycles. The molecule has 1 fully saturated rings. The Kier molecular flexibility index (Phi) is 5.02. The van der Waals surface area contributed by atoms with Crippen LogP contribution in [0.3, 0.4) is 0 Å². The van der Waals surface area contributed by atoms with E-state index < -0.39 is 0 Å². The summed E-state index contributed by atoms with van der Waals surface area (Å²) in [4.78, 5) is 2.35. The zero-order chi connectivity index (χ0) is 12.8. The van der Waals surface area contributed by atoms with Crippen LogP contribution < -0.4 is 10.2 Å². The molecule has 0 spiro atoms. The molecular formula is C15H24N2O. The number of aliphatic hydroxyl groups is 1. The summed E-state index contributed by atoms with van der Waals surface area (Å²) in [6.45, 7) is 5.03. The highest BCUT2D eigenvalue weighted by Gasteiger charge is 2.24. The summed E-state index contributed by atoms with van der Waals surface area (Å²) >= 11 is 0. The van der Waals surface area contributed by atoms with Crippen molar-refractivity contribution in [1.29, 1.82) is 0 Å². The summed E-state index contributed by atoms with van der Waals surface area (Å²) in [6.07, 6.45) is 3.85. The molecule has 3 heteroatoms. The van der Waals surface area contributed by atoms with Gasteiger partial charge in [0.15, 0.2) is 0 Å². The lowest BCUT2D eigenvalue weighted by atomic mass is 9.91. The molecule has 3 nitrogen and oxygen atoms in total. The number of rotatable bonds is 7. The summed E-state index contributed by atoms with van der Waals surface area (Å²) < 4.78 is 0. The minimum absolute atomic E-state index is 0.232. The maximum Gasteiger partial charge on any atom is 0.0606 e. The first kappa shape index (κ1) is 13.4. The van der Waals surface area contributed by atoms with Crippen LogP contribution >= 0.6 is 0 Å². The van der Waals surface area contributed by atoms with E-state index in [2.05, 4.69) is 41.4 Å². The molecule has 0 unspecified atom stereocenters. The molecular weight excluding hydrogens is 224 g/mol. The fraction of sp³-hybridized carbons (Fsp3) is 0.600. The Bertz CT molecular complexity index is 346. The van der Waals surface area contributed by atoms with E-state index in [1.165, 1.54) is 30.5 Å². The lowest BCUT2D eigenvalue weighted by molar-refractivity contribution is 0.283. The molecule has 0 atom stereocenters. The van der Waals surface area contributed by atoms with Crippen molar-refractivity contribution in [2.24, 2.45) is 0 Å². The number of nitrogens with zero attached hydrogens (tertiary/aromatic N) is 1. The predicted octanol–water partition coefficient (Wildman–Crippen LogP) is 2.15. The van der Waals surface area contributed by atoms with E-state index in [9.17, 15) is 5.11 Å². The van der Waals surface area contributed by atoms with Crippen molar-refractivity contribution in [3.05, 3.63) is 29.8 Å². The van der Waals surface area contributed by atoms with Crippen molar-refractivity contribution >= 4 is 5.69 Å². The van der Waals surface area contributed by atoms with Gasteiger partial charge in [-0.25, -0.2) is 0 Å². The van der Waals surface area contributed by atoms with E-state index in [0.717, 1.165) is 19.6 Å². The first-order valence-electron chi connectivity index (χ1n) is 7.02. The summed E-state index contributed by atoms with van der Waals surface area (Å²) in [6, 6.07) is 9.36. The molecule has 0 bridgehead atoms. The van der Waals surface area contributed by atoms with Gasteiger partial charge in [-0.3, -0.25) is 0 Å². The lowest BCUT2D eigenvalue weighted by Gasteiger charge is -2.39. The number of benzene rings is 1. The van der Waals surface area contributed by atoms with Crippen LogP contribution in [-0.4, -0.2) is 30.8 Å². The molecule has 18 heavy (non-hydrogen) atoms. The van der Waals surface area contributed by atoms with Crippen LogP contribution in [0.25, 0.3) is 0 Å². The Balaban J connectivity index is 2.00. The van der Waals surface area contributed by atoms with Crippen LogP contribution in [-0.2, 0) is 6.54 Å². The lowest BCUT2D eigenvalue weighted by Crippen LogP contribution is -2.41. The monoisotopic (exact) mass is 248 g/mol. The summed E-state index contributed by atoms with van der Waals surface area (Å²) in [5.74, 6) is 0. The molecule has 1 saturated carbocycles. The molecule has 100 valence electrons. The van der Waals surface area contributed by atoms with Gasteiger partial charge in [0, 0.05) is 24.8 Å². The molecule has 1 aromatic carbocycles. The number of hydrogen-bond donors (Lipinski definition) is 2. The Labute approximate surface area is 110 Å². The number of anilines is 1. The van der Waals surface area contributed by atoms with Crippen molar-refractivity contribution < 1.29 is 5.11 Å². The van der Waals surface area contributed by atoms with Crippen molar-refractivity contribution in [3.8, 4) is 0 Å². The second kappa shape index (κ2) is 6.76. The third-order valence-electron chi connectivity index (χ3n) is 3.70. The Morgan fingerprint density at radius 2 is 2.00 bits per heavy atom. The fourth-order valence-corrected chi connectivity index (χ4v) is 2.40. The minimum atomic E-state index is 0.232. The van der Waals surface area contributed by atoms with Crippen LogP contribution in [0.15, 0.2) is 24.3 Å². The van der Waals surface area contributed by atoms with Gasteiger partial charge in [-0.2, -0.15) is 0 Å². The van der Waals surface area contributed by atoms with E-state index in [1.54, 1.807) is 0 Å². The van der Waals surface area contributed by atoms with Crippen molar-refractivity contribution in [1.82, 2.24) is 5.32 Å². The zero-order valence-corrected chi connectivity index (χ0v) is 11.2. The highest BCUT2D eigenvalue weighted by atomic mass is 16.3. The molecule has 2 rings (SSSR count). The number of nitrogens with one attached hydrogen (secondary N) is 1. The van der Waals surface area contributed by atoms with Gasteiger partial charge in [0.25, 0.3) is 0 Å². The van der Waals surface area contributed by atoms with Gasteiger partial charge in [0.2, 0.25) is 0 Å².